The maximum absolute atomic E-state index is 13.8. The van der Waals surface area contributed by atoms with Crippen molar-refractivity contribution in [3.63, 3.8) is 0 Å². The lowest BCUT2D eigenvalue weighted by molar-refractivity contribution is -0.384. The maximum atomic E-state index is 13.8. The van der Waals surface area contributed by atoms with Gasteiger partial charge in [0, 0.05) is 17.7 Å². The van der Waals surface area contributed by atoms with Gasteiger partial charge in [-0.2, -0.15) is 0 Å². The molecule has 4 heterocycles. The molecule has 0 spiro atoms. The van der Waals surface area contributed by atoms with Gasteiger partial charge in [0.25, 0.3) is 11.2 Å². The van der Waals surface area contributed by atoms with Crippen LogP contribution in [0.4, 0.5) is 5.69 Å². The molecule has 6 rings (SSSR count). The van der Waals surface area contributed by atoms with E-state index in [0.29, 0.717) is 37.9 Å². The molecule has 0 saturated heterocycles. The molecule has 0 bridgehead atoms. The number of rotatable bonds is 6. The fourth-order valence-electron chi connectivity index (χ4n) is 4.64. The van der Waals surface area contributed by atoms with Gasteiger partial charge in [-0.15, -0.1) is 0 Å². The van der Waals surface area contributed by atoms with Crippen LogP contribution < -0.4 is 24.4 Å². The van der Waals surface area contributed by atoms with Crippen LogP contribution >= 0.6 is 11.3 Å². The van der Waals surface area contributed by atoms with E-state index < -0.39 is 16.9 Å². The number of esters is 1. The summed E-state index contributed by atoms with van der Waals surface area (Å²) < 4.78 is 24.1. The van der Waals surface area contributed by atoms with E-state index in [1.165, 1.54) is 28.0 Å². The van der Waals surface area contributed by atoms with Gasteiger partial charge < -0.3 is 18.6 Å². The average Bonchev–Trinajstić information content (AvgIpc) is 3.68. The number of carbonyl (C=O) groups excluding carboxylic acids is 1. The van der Waals surface area contributed by atoms with Gasteiger partial charge in [-0.25, -0.2) is 9.79 Å². The van der Waals surface area contributed by atoms with Crippen molar-refractivity contribution in [1.29, 1.82) is 0 Å². The van der Waals surface area contributed by atoms with Crippen LogP contribution in [0, 0.1) is 10.1 Å². The van der Waals surface area contributed by atoms with Crippen molar-refractivity contribution in [1.82, 2.24) is 4.57 Å². The molecule has 12 heteroatoms. The molecule has 0 fully saturated rings. The summed E-state index contributed by atoms with van der Waals surface area (Å²) in [6.45, 7) is 3.64. The van der Waals surface area contributed by atoms with E-state index in [9.17, 15) is 19.7 Å². The Balaban J connectivity index is 1.49. The SMILES string of the molecule is CCOC(=O)C1=C(C)N=c2s/c(=C\c3ccc4c(c3)OCO4)c(=O)n2[C@@H]1c1ccc(-c2cccc([N+](=O)[O-])c2)o1. The normalized spacial score (nSPS) is 16.1. The number of hydrogen-bond acceptors (Lipinski definition) is 10. The lowest BCUT2D eigenvalue weighted by Gasteiger charge is -2.22. The predicted molar refractivity (Wildman–Crippen MR) is 144 cm³/mol. The number of aromatic nitrogens is 1. The monoisotopic (exact) mass is 559 g/mol. The van der Waals surface area contributed by atoms with Gasteiger partial charge in [-0.3, -0.25) is 19.5 Å². The lowest BCUT2D eigenvalue weighted by Crippen LogP contribution is -2.39. The van der Waals surface area contributed by atoms with E-state index in [0.717, 1.165) is 5.56 Å². The van der Waals surface area contributed by atoms with Gasteiger partial charge in [0.15, 0.2) is 16.3 Å². The number of benzene rings is 2. The van der Waals surface area contributed by atoms with Crippen molar-refractivity contribution in [2.45, 2.75) is 19.9 Å². The Morgan fingerprint density at radius 1 is 1.20 bits per heavy atom. The molecule has 2 aromatic heterocycles. The van der Waals surface area contributed by atoms with Crippen LogP contribution in [-0.2, 0) is 9.53 Å². The minimum atomic E-state index is -0.957. The summed E-state index contributed by atoms with van der Waals surface area (Å²) in [6.07, 6.45) is 1.73. The van der Waals surface area contributed by atoms with Crippen LogP contribution in [-0.4, -0.2) is 28.9 Å². The van der Waals surface area contributed by atoms with Crippen LogP contribution in [0.5, 0.6) is 11.5 Å². The molecule has 0 N–H and O–H groups in total. The molecule has 2 aliphatic rings. The Kier molecular flexibility index (Phi) is 6.31. The number of nitrogens with zero attached hydrogens (tertiary/aromatic N) is 3. The third-order valence-corrected chi connectivity index (χ3v) is 7.43. The summed E-state index contributed by atoms with van der Waals surface area (Å²) in [4.78, 5) is 42.6. The summed E-state index contributed by atoms with van der Waals surface area (Å²) in [5, 5.41) is 11.3. The number of hydrogen-bond donors (Lipinski definition) is 0. The predicted octanol–water partition coefficient (Wildman–Crippen LogP) is 3.70. The Labute approximate surface area is 230 Å². The molecular formula is C28H21N3O8S. The number of non-ortho nitro benzene ring substituents is 1. The molecule has 4 aromatic rings. The van der Waals surface area contributed by atoms with E-state index in [1.807, 2.05) is 6.07 Å². The Morgan fingerprint density at radius 3 is 2.83 bits per heavy atom. The van der Waals surface area contributed by atoms with E-state index in [-0.39, 0.29) is 36.0 Å². The summed E-state index contributed by atoms with van der Waals surface area (Å²) in [5.74, 6) is 1.23. The molecule has 1 atom stereocenters. The zero-order chi connectivity index (χ0) is 28.0. The first kappa shape index (κ1) is 25.3. The van der Waals surface area contributed by atoms with Gasteiger partial charge in [0.2, 0.25) is 6.79 Å². The molecule has 0 amide bonds. The van der Waals surface area contributed by atoms with Gasteiger partial charge in [0.1, 0.15) is 17.6 Å². The molecule has 11 nitrogen and oxygen atoms in total. The number of furan rings is 1. The fourth-order valence-corrected chi connectivity index (χ4v) is 5.69. The van der Waals surface area contributed by atoms with E-state index in [2.05, 4.69) is 4.99 Å². The summed E-state index contributed by atoms with van der Waals surface area (Å²) >= 11 is 1.18. The van der Waals surface area contributed by atoms with E-state index in [4.69, 9.17) is 18.6 Å². The zero-order valence-electron chi connectivity index (χ0n) is 21.3. The first-order valence-electron chi connectivity index (χ1n) is 12.3. The Bertz CT molecular complexity index is 1900. The van der Waals surface area contributed by atoms with Crippen molar-refractivity contribution < 1.29 is 28.3 Å². The molecule has 0 saturated carbocycles. The zero-order valence-corrected chi connectivity index (χ0v) is 22.1. The molecule has 40 heavy (non-hydrogen) atoms. The molecule has 2 aromatic carbocycles. The number of ether oxygens (including phenoxy) is 3. The summed E-state index contributed by atoms with van der Waals surface area (Å²) in [7, 11) is 0. The second-order valence-electron chi connectivity index (χ2n) is 8.92. The van der Waals surface area contributed by atoms with Crippen LogP contribution in [0.2, 0.25) is 0 Å². The van der Waals surface area contributed by atoms with Gasteiger partial charge in [-0.05, 0) is 49.8 Å². The van der Waals surface area contributed by atoms with Crippen LogP contribution in [0.25, 0.3) is 17.4 Å². The summed E-state index contributed by atoms with van der Waals surface area (Å²) in [5.41, 5.74) is 1.33. The molecule has 0 unspecified atom stereocenters. The molecule has 2 aliphatic heterocycles. The number of allylic oxidation sites excluding steroid dienone is 1. The van der Waals surface area contributed by atoms with Crippen LogP contribution in [0.3, 0.4) is 0 Å². The molecule has 0 radical (unpaired) electrons. The van der Waals surface area contributed by atoms with Crippen LogP contribution in [0.15, 0.2) is 80.1 Å². The molecular weight excluding hydrogens is 538 g/mol. The molecule has 0 aliphatic carbocycles. The minimum absolute atomic E-state index is 0.0881. The number of thiazole rings is 1. The van der Waals surface area contributed by atoms with Crippen molar-refractivity contribution in [2.75, 3.05) is 13.4 Å². The van der Waals surface area contributed by atoms with E-state index >= 15 is 0 Å². The number of nitro benzene ring substituents is 1. The lowest BCUT2D eigenvalue weighted by atomic mass is 10.0. The van der Waals surface area contributed by atoms with Crippen molar-refractivity contribution in [2.24, 2.45) is 4.99 Å². The first-order chi connectivity index (χ1) is 19.3. The van der Waals surface area contributed by atoms with Crippen molar-refractivity contribution >= 4 is 29.1 Å². The standard InChI is InChI=1S/C28H21N3O8S/c1-3-36-27(33)24-15(2)29-28-30(26(32)23(40-28)12-16-7-8-20-22(11-16)38-14-37-20)25(24)21-10-9-19(39-21)17-5-4-6-18(13-17)31(34)35/h4-13,25H,3,14H2,1-2H3/b23-12-/t25-/m1/s1. The highest BCUT2D eigenvalue weighted by atomic mass is 32.1. The number of carbonyl (C=O) groups is 1. The Hall–Kier alpha value is -4.97. The smallest absolute Gasteiger partial charge is 0.338 e. The average molecular weight is 560 g/mol. The van der Waals surface area contributed by atoms with Gasteiger partial charge in [0.05, 0.1) is 27.3 Å². The summed E-state index contributed by atoms with van der Waals surface area (Å²) in [6, 6.07) is 13.7. The highest BCUT2D eigenvalue weighted by Gasteiger charge is 2.35. The van der Waals surface area contributed by atoms with E-state index in [1.54, 1.807) is 56.3 Å². The van der Waals surface area contributed by atoms with Crippen molar-refractivity contribution in [3.8, 4) is 22.8 Å². The quantitative estimate of drug-likeness (QED) is 0.198. The maximum Gasteiger partial charge on any atom is 0.338 e. The highest BCUT2D eigenvalue weighted by molar-refractivity contribution is 7.07. The number of nitro groups is 1. The molecule has 202 valence electrons. The number of fused-ring (bicyclic) bond motifs is 2. The third kappa shape index (κ3) is 4.37. The second kappa shape index (κ2) is 9.97. The van der Waals surface area contributed by atoms with Crippen LogP contribution in [0.1, 0.15) is 31.2 Å². The first-order valence-corrected chi connectivity index (χ1v) is 13.1. The van der Waals surface area contributed by atoms with Gasteiger partial charge in [-0.1, -0.05) is 29.5 Å². The largest absolute Gasteiger partial charge is 0.463 e. The van der Waals surface area contributed by atoms with Crippen molar-refractivity contribution in [3.05, 3.63) is 107 Å². The highest BCUT2D eigenvalue weighted by Crippen LogP contribution is 2.35. The van der Waals surface area contributed by atoms with Gasteiger partial charge >= 0.3 is 5.97 Å². The second-order valence-corrected chi connectivity index (χ2v) is 9.93. The fraction of sp³-hybridized carbons (Fsp3) is 0.179. The Morgan fingerprint density at radius 2 is 2.02 bits per heavy atom. The topological polar surface area (TPSA) is 135 Å². The third-order valence-electron chi connectivity index (χ3n) is 6.45. The minimum Gasteiger partial charge on any atom is -0.463 e.